The molecule has 0 aliphatic carbocycles. The first-order valence-electron chi connectivity index (χ1n) is 5.26. The van der Waals surface area contributed by atoms with E-state index in [0.29, 0.717) is 0 Å². The molecule has 90 valence electrons. The van der Waals surface area contributed by atoms with Gasteiger partial charge in [0.2, 0.25) is 0 Å². The molecule has 1 nitrogen and oxygen atoms in total. The fraction of sp³-hybridized carbons (Fsp3) is 0.231. The van der Waals surface area contributed by atoms with Crippen LogP contribution in [-0.4, -0.2) is 0 Å². The van der Waals surface area contributed by atoms with E-state index in [1.54, 1.807) is 11.3 Å². The van der Waals surface area contributed by atoms with Gasteiger partial charge < -0.3 is 5.73 Å². The number of thiophene rings is 1. The predicted molar refractivity (Wildman–Crippen MR) is 79.0 cm³/mol. The lowest BCUT2D eigenvalue weighted by atomic mass is 10.0. The van der Waals surface area contributed by atoms with Crippen LogP contribution >= 0.6 is 38.9 Å². The lowest BCUT2D eigenvalue weighted by Gasteiger charge is -2.13. The van der Waals surface area contributed by atoms with E-state index in [-0.39, 0.29) is 6.04 Å². The van der Waals surface area contributed by atoms with Gasteiger partial charge >= 0.3 is 0 Å². The lowest BCUT2D eigenvalue weighted by Crippen LogP contribution is -2.11. The Labute approximate surface area is 119 Å². The smallest absolute Gasteiger partial charge is 0.0649 e. The zero-order valence-electron chi connectivity index (χ0n) is 9.63. The van der Waals surface area contributed by atoms with E-state index in [0.717, 1.165) is 20.6 Å². The van der Waals surface area contributed by atoms with Gasteiger partial charge in [-0.15, -0.1) is 11.3 Å². The Morgan fingerprint density at radius 2 is 2.00 bits per heavy atom. The van der Waals surface area contributed by atoms with E-state index < -0.39 is 0 Å². The molecule has 0 spiro atoms. The Morgan fingerprint density at radius 1 is 1.29 bits per heavy atom. The van der Waals surface area contributed by atoms with E-state index in [2.05, 4.69) is 28.9 Å². The Balaban J connectivity index is 2.39. The van der Waals surface area contributed by atoms with Gasteiger partial charge in [-0.05, 0) is 59.1 Å². The summed E-state index contributed by atoms with van der Waals surface area (Å²) >= 11 is 11.2. The third-order valence-corrected chi connectivity index (χ3v) is 5.20. The van der Waals surface area contributed by atoms with Crippen LogP contribution < -0.4 is 5.73 Å². The van der Waals surface area contributed by atoms with Gasteiger partial charge in [0.15, 0.2) is 0 Å². The van der Waals surface area contributed by atoms with Crippen LogP contribution in [0.4, 0.5) is 0 Å². The first kappa shape index (κ1) is 13.1. The number of hydrogen-bond donors (Lipinski definition) is 1. The van der Waals surface area contributed by atoms with Crippen LogP contribution in [0, 0.1) is 13.8 Å². The molecule has 17 heavy (non-hydrogen) atoms. The largest absolute Gasteiger partial charge is 0.320 e. The highest BCUT2D eigenvalue weighted by molar-refractivity contribution is 9.10. The zero-order chi connectivity index (χ0) is 12.6. The average molecular weight is 331 g/mol. The summed E-state index contributed by atoms with van der Waals surface area (Å²) in [7, 11) is 0. The first-order valence-corrected chi connectivity index (χ1v) is 7.25. The van der Waals surface area contributed by atoms with Gasteiger partial charge in [0.05, 0.1) is 6.04 Å². The van der Waals surface area contributed by atoms with Gasteiger partial charge in [-0.1, -0.05) is 17.7 Å². The summed E-state index contributed by atoms with van der Waals surface area (Å²) in [5.74, 6) is 0. The number of hydrogen-bond acceptors (Lipinski definition) is 2. The summed E-state index contributed by atoms with van der Waals surface area (Å²) in [5.41, 5.74) is 8.56. The van der Waals surface area contributed by atoms with Crippen molar-refractivity contribution in [2.75, 3.05) is 0 Å². The Bertz CT molecular complexity index is 531. The zero-order valence-corrected chi connectivity index (χ0v) is 12.8. The van der Waals surface area contributed by atoms with Crippen LogP contribution in [0.5, 0.6) is 0 Å². The molecule has 2 aromatic rings. The lowest BCUT2D eigenvalue weighted by molar-refractivity contribution is 0.882. The molecule has 0 bridgehead atoms. The van der Waals surface area contributed by atoms with Crippen molar-refractivity contribution >= 4 is 38.9 Å². The van der Waals surface area contributed by atoms with Gasteiger partial charge in [-0.25, -0.2) is 0 Å². The molecule has 2 N–H and O–H groups in total. The van der Waals surface area contributed by atoms with Crippen LogP contribution in [0.25, 0.3) is 0 Å². The Morgan fingerprint density at radius 3 is 2.53 bits per heavy atom. The van der Waals surface area contributed by atoms with Crippen molar-refractivity contribution in [1.29, 1.82) is 0 Å². The van der Waals surface area contributed by atoms with Gasteiger partial charge in [-0.2, -0.15) is 0 Å². The molecular formula is C13H13BrClNS. The number of rotatable bonds is 2. The Kier molecular flexibility index (Phi) is 3.93. The molecule has 1 atom stereocenters. The van der Waals surface area contributed by atoms with Crippen molar-refractivity contribution in [2.24, 2.45) is 5.73 Å². The van der Waals surface area contributed by atoms with Gasteiger partial charge in [0.1, 0.15) is 0 Å². The van der Waals surface area contributed by atoms with Gasteiger partial charge in [0, 0.05) is 19.2 Å². The summed E-state index contributed by atoms with van der Waals surface area (Å²) in [6.45, 7) is 4.12. The van der Waals surface area contributed by atoms with Crippen LogP contribution in [0.1, 0.15) is 26.9 Å². The van der Waals surface area contributed by atoms with Crippen molar-refractivity contribution in [2.45, 2.75) is 19.9 Å². The minimum Gasteiger partial charge on any atom is -0.320 e. The molecule has 0 saturated carbocycles. The summed E-state index contributed by atoms with van der Waals surface area (Å²) in [4.78, 5) is 2.42. The second kappa shape index (κ2) is 5.11. The molecule has 0 amide bonds. The quantitative estimate of drug-likeness (QED) is 0.838. The van der Waals surface area contributed by atoms with E-state index >= 15 is 0 Å². The highest BCUT2D eigenvalue weighted by Gasteiger charge is 2.15. The summed E-state index contributed by atoms with van der Waals surface area (Å²) in [6.07, 6.45) is 0. The SMILES string of the molecule is Cc1cc(Cl)ccc1C(N)c1cc(Br)c(C)s1. The molecule has 1 aromatic carbocycles. The minimum absolute atomic E-state index is 0.0812. The van der Waals surface area contributed by atoms with Crippen molar-refractivity contribution in [3.8, 4) is 0 Å². The maximum absolute atomic E-state index is 6.30. The first-order chi connectivity index (χ1) is 7.99. The van der Waals surface area contributed by atoms with E-state index in [1.165, 1.54) is 9.75 Å². The minimum atomic E-state index is -0.0812. The summed E-state index contributed by atoms with van der Waals surface area (Å²) < 4.78 is 1.12. The van der Waals surface area contributed by atoms with Crippen LogP contribution in [0.2, 0.25) is 5.02 Å². The van der Waals surface area contributed by atoms with Crippen LogP contribution in [0.3, 0.4) is 0 Å². The van der Waals surface area contributed by atoms with E-state index in [9.17, 15) is 0 Å². The summed E-state index contributed by atoms with van der Waals surface area (Å²) in [6, 6.07) is 7.86. The Hall–Kier alpha value is -0.350. The average Bonchev–Trinajstić information content (AvgIpc) is 2.58. The number of nitrogens with two attached hydrogens (primary N) is 1. The van der Waals surface area contributed by atoms with Crippen molar-refractivity contribution < 1.29 is 0 Å². The topological polar surface area (TPSA) is 26.0 Å². The van der Waals surface area contributed by atoms with Crippen LogP contribution in [-0.2, 0) is 0 Å². The fourth-order valence-electron chi connectivity index (χ4n) is 1.78. The van der Waals surface area contributed by atoms with Crippen molar-refractivity contribution in [3.63, 3.8) is 0 Å². The number of benzene rings is 1. The van der Waals surface area contributed by atoms with Gasteiger partial charge in [0.25, 0.3) is 0 Å². The molecule has 4 heteroatoms. The van der Waals surface area contributed by atoms with Crippen molar-refractivity contribution in [1.82, 2.24) is 0 Å². The molecule has 0 saturated heterocycles. The monoisotopic (exact) mass is 329 g/mol. The molecular weight excluding hydrogens is 318 g/mol. The molecule has 1 heterocycles. The number of halogens is 2. The fourth-order valence-corrected chi connectivity index (χ4v) is 3.58. The third-order valence-electron chi connectivity index (χ3n) is 2.75. The van der Waals surface area contributed by atoms with Crippen LogP contribution in [0.15, 0.2) is 28.7 Å². The maximum atomic E-state index is 6.30. The van der Waals surface area contributed by atoms with E-state index in [4.69, 9.17) is 17.3 Å². The van der Waals surface area contributed by atoms with Crippen molar-refractivity contribution in [3.05, 3.63) is 54.6 Å². The molecule has 0 aliphatic heterocycles. The standard InChI is InChI=1S/C13H13BrClNS/c1-7-5-9(15)3-4-10(7)13(16)12-6-11(14)8(2)17-12/h3-6,13H,16H2,1-2H3. The number of aryl methyl sites for hydroxylation is 2. The predicted octanol–water partition coefficient (Wildman–Crippen LogP) is 4.83. The summed E-state index contributed by atoms with van der Waals surface area (Å²) in [5, 5.41) is 0.752. The second-order valence-corrected chi connectivity index (χ2v) is 6.61. The highest BCUT2D eigenvalue weighted by Crippen LogP contribution is 2.33. The normalized spacial score (nSPS) is 12.8. The van der Waals surface area contributed by atoms with Gasteiger partial charge in [-0.3, -0.25) is 0 Å². The third kappa shape index (κ3) is 2.74. The molecule has 1 unspecified atom stereocenters. The molecule has 1 aromatic heterocycles. The molecule has 0 fully saturated rings. The maximum Gasteiger partial charge on any atom is 0.0649 e. The van der Waals surface area contributed by atoms with E-state index in [1.807, 2.05) is 25.1 Å². The molecule has 0 radical (unpaired) electrons. The molecule has 0 aliphatic rings. The second-order valence-electron chi connectivity index (χ2n) is 4.03. The highest BCUT2D eigenvalue weighted by atomic mass is 79.9. The molecule has 2 rings (SSSR count).